The minimum absolute atomic E-state index is 0.0731. The van der Waals surface area contributed by atoms with Gasteiger partial charge in [-0.15, -0.1) is 0 Å². The van der Waals surface area contributed by atoms with Gasteiger partial charge in [0.2, 0.25) is 0 Å². The summed E-state index contributed by atoms with van der Waals surface area (Å²) in [7, 11) is 0. The molecule has 0 spiro atoms. The lowest BCUT2D eigenvalue weighted by Gasteiger charge is -2.04. The van der Waals surface area contributed by atoms with Crippen molar-refractivity contribution in [3.8, 4) is 0 Å². The fraction of sp³-hybridized carbons (Fsp3) is 0.273. The average molecular weight is 260 g/mol. The van der Waals surface area contributed by atoms with Gasteiger partial charge in [-0.2, -0.15) is 0 Å². The zero-order valence-corrected chi connectivity index (χ0v) is 9.98. The van der Waals surface area contributed by atoms with Crippen molar-refractivity contribution >= 4 is 34.9 Å². The summed E-state index contributed by atoms with van der Waals surface area (Å²) in [6, 6.07) is 4.95. The van der Waals surface area contributed by atoms with Crippen molar-refractivity contribution in [1.82, 2.24) is 0 Å². The van der Waals surface area contributed by atoms with E-state index in [9.17, 15) is 4.79 Å². The quantitative estimate of drug-likeness (QED) is 0.794. The van der Waals surface area contributed by atoms with Crippen LogP contribution in [0, 0.1) is 5.41 Å². The molecule has 0 aromatic heterocycles. The average Bonchev–Trinajstić information content (AvgIpc) is 2.21. The van der Waals surface area contributed by atoms with Crippen LogP contribution in [-0.4, -0.2) is 16.8 Å². The van der Waals surface area contributed by atoms with Gasteiger partial charge in [0.15, 0.2) is 0 Å². The Labute approximate surface area is 104 Å². The van der Waals surface area contributed by atoms with Crippen LogP contribution >= 0.6 is 23.2 Å². The van der Waals surface area contributed by atoms with Gasteiger partial charge in [0.05, 0.1) is 10.0 Å². The van der Waals surface area contributed by atoms with Gasteiger partial charge in [-0.3, -0.25) is 4.79 Å². The first-order valence-corrected chi connectivity index (χ1v) is 5.51. The molecule has 0 aliphatic carbocycles. The SMILES string of the molecule is N=C(CCCC(=O)O)c1ccc(Cl)c(Cl)c1. The van der Waals surface area contributed by atoms with Crippen LogP contribution in [0.3, 0.4) is 0 Å². The molecule has 1 aromatic carbocycles. The summed E-state index contributed by atoms with van der Waals surface area (Å²) in [4.78, 5) is 10.3. The van der Waals surface area contributed by atoms with Crippen molar-refractivity contribution in [1.29, 1.82) is 5.41 Å². The second kappa shape index (κ2) is 5.87. The van der Waals surface area contributed by atoms with Crippen LogP contribution in [0.2, 0.25) is 10.0 Å². The summed E-state index contributed by atoms with van der Waals surface area (Å²) in [5.41, 5.74) is 1.06. The number of halogens is 2. The highest BCUT2D eigenvalue weighted by Gasteiger charge is 2.06. The van der Waals surface area contributed by atoms with Crippen molar-refractivity contribution in [2.45, 2.75) is 19.3 Å². The highest BCUT2D eigenvalue weighted by molar-refractivity contribution is 6.42. The Morgan fingerprint density at radius 3 is 2.50 bits per heavy atom. The third kappa shape index (κ3) is 3.83. The molecule has 0 heterocycles. The first-order chi connectivity index (χ1) is 7.50. The van der Waals surface area contributed by atoms with Gasteiger partial charge in [-0.05, 0) is 30.5 Å². The molecule has 2 N–H and O–H groups in total. The molecule has 5 heteroatoms. The van der Waals surface area contributed by atoms with Crippen LogP contribution in [0.4, 0.5) is 0 Å². The molecule has 3 nitrogen and oxygen atoms in total. The standard InChI is InChI=1S/C11H11Cl2NO2/c12-8-5-4-7(6-9(8)13)10(14)2-1-3-11(15)16/h4-6,14H,1-3H2,(H,15,16). The van der Waals surface area contributed by atoms with E-state index in [-0.39, 0.29) is 6.42 Å². The Morgan fingerprint density at radius 2 is 1.94 bits per heavy atom. The molecule has 0 radical (unpaired) electrons. The fourth-order valence-electron chi connectivity index (χ4n) is 1.24. The number of aliphatic carboxylic acids is 1. The third-order valence-electron chi connectivity index (χ3n) is 2.09. The van der Waals surface area contributed by atoms with Gasteiger partial charge in [-0.1, -0.05) is 29.3 Å². The Kier molecular flexibility index (Phi) is 4.77. The maximum absolute atomic E-state index is 10.3. The number of carbonyl (C=O) groups is 1. The van der Waals surface area contributed by atoms with Gasteiger partial charge in [0.25, 0.3) is 0 Å². The lowest BCUT2D eigenvalue weighted by molar-refractivity contribution is -0.137. The first kappa shape index (κ1) is 13.0. The molecule has 0 saturated carbocycles. The highest BCUT2D eigenvalue weighted by atomic mass is 35.5. The van der Waals surface area contributed by atoms with E-state index in [1.165, 1.54) is 0 Å². The molecule has 16 heavy (non-hydrogen) atoms. The zero-order valence-electron chi connectivity index (χ0n) is 8.46. The van der Waals surface area contributed by atoms with E-state index in [0.29, 0.717) is 34.2 Å². The molecule has 1 rings (SSSR count). The lowest BCUT2D eigenvalue weighted by Crippen LogP contribution is -2.01. The van der Waals surface area contributed by atoms with Crippen LogP contribution in [0.15, 0.2) is 18.2 Å². The molecular weight excluding hydrogens is 249 g/mol. The topological polar surface area (TPSA) is 61.2 Å². The molecule has 0 amide bonds. The van der Waals surface area contributed by atoms with Gasteiger partial charge in [-0.25, -0.2) is 0 Å². The number of hydrogen-bond donors (Lipinski definition) is 2. The Morgan fingerprint density at radius 1 is 1.25 bits per heavy atom. The van der Waals surface area contributed by atoms with E-state index < -0.39 is 5.97 Å². The summed E-state index contributed by atoms with van der Waals surface area (Å²) in [6.45, 7) is 0. The Bertz CT molecular complexity index is 418. The molecule has 0 aliphatic rings. The largest absolute Gasteiger partial charge is 0.481 e. The second-order valence-electron chi connectivity index (χ2n) is 3.35. The summed E-state index contributed by atoms with van der Waals surface area (Å²) >= 11 is 11.6. The van der Waals surface area contributed by atoms with E-state index >= 15 is 0 Å². The fourth-order valence-corrected chi connectivity index (χ4v) is 1.54. The number of hydrogen-bond acceptors (Lipinski definition) is 2. The molecule has 0 aliphatic heterocycles. The Balaban J connectivity index is 2.59. The third-order valence-corrected chi connectivity index (χ3v) is 2.82. The highest BCUT2D eigenvalue weighted by Crippen LogP contribution is 2.23. The van der Waals surface area contributed by atoms with E-state index in [2.05, 4.69) is 0 Å². The predicted molar refractivity (Wildman–Crippen MR) is 64.8 cm³/mol. The molecule has 0 saturated heterocycles. The molecule has 0 unspecified atom stereocenters. The molecule has 0 bridgehead atoms. The monoisotopic (exact) mass is 259 g/mol. The minimum atomic E-state index is -0.845. The zero-order chi connectivity index (χ0) is 12.1. The van der Waals surface area contributed by atoms with E-state index in [0.717, 1.165) is 0 Å². The number of nitrogens with one attached hydrogen (secondary N) is 1. The first-order valence-electron chi connectivity index (χ1n) is 4.75. The minimum Gasteiger partial charge on any atom is -0.481 e. The smallest absolute Gasteiger partial charge is 0.303 e. The molecular formula is C11H11Cl2NO2. The van der Waals surface area contributed by atoms with E-state index in [1.807, 2.05) is 0 Å². The number of carboxylic acids is 1. The Hall–Kier alpha value is -1.06. The van der Waals surface area contributed by atoms with Crippen molar-refractivity contribution in [2.75, 3.05) is 0 Å². The number of carboxylic acid groups (broad SMARTS) is 1. The van der Waals surface area contributed by atoms with Crippen molar-refractivity contribution in [2.24, 2.45) is 0 Å². The second-order valence-corrected chi connectivity index (χ2v) is 4.17. The van der Waals surface area contributed by atoms with E-state index in [4.69, 9.17) is 33.7 Å². The van der Waals surface area contributed by atoms with Crippen LogP contribution in [-0.2, 0) is 4.79 Å². The summed E-state index contributed by atoms with van der Waals surface area (Å²) < 4.78 is 0. The number of rotatable bonds is 5. The summed E-state index contributed by atoms with van der Waals surface area (Å²) in [5.74, 6) is -0.845. The predicted octanol–water partition coefficient (Wildman–Crippen LogP) is 3.62. The van der Waals surface area contributed by atoms with Gasteiger partial charge in [0.1, 0.15) is 0 Å². The van der Waals surface area contributed by atoms with Gasteiger partial charge >= 0.3 is 5.97 Å². The maximum atomic E-state index is 10.3. The van der Waals surface area contributed by atoms with Crippen LogP contribution < -0.4 is 0 Å². The number of benzene rings is 1. The van der Waals surface area contributed by atoms with Gasteiger partial charge in [0, 0.05) is 12.1 Å². The summed E-state index contributed by atoms with van der Waals surface area (Å²) in [6.07, 6.45) is 0.947. The van der Waals surface area contributed by atoms with Crippen molar-refractivity contribution in [3.63, 3.8) is 0 Å². The molecule has 0 atom stereocenters. The van der Waals surface area contributed by atoms with E-state index in [1.54, 1.807) is 18.2 Å². The van der Waals surface area contributed by atoms with Crippen molar-refractivity contribution < 1.29 is 9.90 Å². The lowest BCUT2D eigenvalue weighted by atomic mass is 10.0. The van der Waals surface area contributed by atoms with Gasteiger partial charge < -0.3 is 10.5 Å². The van der Waals surface area contributed by atoms with Crippen LogP contribution in [0.1, 0.15) is 24.8 Å². The van der Waals surface area contributed by atoms with Crippen LogP contribution in [0.5, 0.6) is 0 Å². The molecule has 0 fully saturated rings. The molecule has 86 valence electrons. The van der Waals surface area contributed by atoms with Crippen molar-refractivity contribution in [3.05, 3.63) is 33.8 Å². The normalized spacial score (nSPS) is 10.1. The maximum Gasteiger partial charge on any atom is 0.303 e. The molecule has 1 aromatic rings. The van der Waals surface area contributed by atoms with Crippen LogP contribution in [0.25, 0.3) is 0 Å². The summed E-state index contributed by atoms with van der Waals surface area (Å²) in [5, 5.41) is 17.1.